The molecule has 0 saturated heterocycles. The first-order valence-electron chi connectivity index (χ1n) is 6.85. The normalized spacial score (nSPS) is 11.6. The van der Waals surface area contributed by atoms with E-state index in [4.69, 9.17) is 16.0 Å². The van der Waals surface area contributed by atoms with Crippen molar-refractivity contribution in [1.29, 1.82) is 0 Å². The molecule has 0 aliphatic rings. The van der Waals surface area contributed by atoms with Gasteiger partial charge in [-0.2, -0.15) is 0 Å². The third-order valence-electron chi connectivity index (χ3n) is 3.16. The Kier molecular flexibility index (Phi) is 4.70. The second-order valence-electron chi connectivity index (χ2n) is 6.02. The minimum atomic E-state index is -1.14. The molecule has 0 N–H and O–H groups in total. The van der Waals surface area contributed by atoms with Crippen molar-refractivity contribution in [2.24, 2.45) is 0 Å². The van der Waals surface area contributed by atoms with Crippen molar-refractivity contribution in [2.75, 3.05) is 0 Å². The quantitative estimate of drug-likeness (QED) is 0.796. The van der Waals surface area contributed by atoms with E-state index in [-0.39, 0.29) is 23.0 Å². The Labute approximate surface area is 137 Å². The summed E-state index contributed by atoms with van der Waals surface area (Å²) in [7, 11) is 0. The van der Waals surface area contributed by atoms with Crippen molar-refractivity contribution in [1.82, 2.24) is 15.1 Å². The predicted molar refractivity (Wildman–Crippen MR) is 80.0 cm³/mol. The number of aromatic nitrogens is 2. The molecule has 0 radical (unpaired) electrons. The van der Waals surface area contributed by atoms with Crippen molar-refractivity contribution in [3.63, 3.8) is 0 Å². The summed E-state index contributed by atoms with van der Waals surface area (Å²) in [6.45, 7) is 7.04. The van der Waals surface area contributed by atoms with E-state index in [0.29, 0.717) is 5.89 Å². The zero-order valence-corrected chi connectivity index (χ0v) is 13.9. The summed E-state index contributed by atoms with van der Waals surface area (Å²) in [4.78, 5) is 14.2. The smallest absolute Gasteiger partial charge is 0.256 e. The zero-order chi connectivity index (χ0) is 17.4. The van der Waals surface area contributed by atoms with E-state index in [1.54, 1.807) is 27.7 Å². The van der Waals surface area contributed by atoms with Gasteiger partial charge in [-0.05, 0) is 32.9 Å². The lowest BCUT2D eigenvalue weighted by atomic mass is 10.0. The van der Waals surface area contributed by atoms with Gasteiger partial charge < -0.3 is 9.32 Å². The molecule has 8 heteroatoms. The number of benzene rings is 1. The van der Waals surface area contributed by atoms with E-state index >= 15 is 0 Å². The summed E-state index contributed by atoms with van der Waals surface area (Å²) in [5.41, 5.74) is -0.759. The van der Waals surface area contributed by atoms with Crippen molar-refractivity contribution in [3.8, 4) is 0 Å². The lowest BCUT2D eigenvalue weighted by Crippen LogP contribution is -2.45. The molecule has 5 nitrogen and oxygen atoms in total. The fraction of sp³-hybridized carbons (Fsp3) is 0.400. The Morgan fingerprint density at radius 3 is 2.39 bits per heavy atom. The van der Waals surface area contributed by atoms with Crippen LogP contribution in [0.3, 0.4) is 0 Å². The van der Waals surface area contributed by atoms with Gasteiger partial charge in [0.1, 0.15) is 0 Å². The maximum atomic E-state index is 13.5. The highest BCUT2D eigenvalue weighted by atomic mass is 35.5. The number of amides is 1. The van der Waals surface area contributed by atoms with Crippen LogP contribution in [0.1, 0.15) is 42.9 Å². The van der Waals surface area contributed by atoms with Gasteiger partial charge >= 0.3 is 0 Å². The summed E-state index contributed by atoms with van der Waals surface area (Å²) in [6.07, 6.45) is 0. The lowest BCUT2D eigenvalue weighted by Gasteiger charge is -2.35. The largest absolute Gasteiger partial charge is 0.424 e. The molecule has 0 bridgehead atoms. The van der Waals surface area contributed by atoms with Crippen molar-refractivity contribution < 1.29 is 18.0 Å². The van der Waals surface area contributed by atoms with Gasteiger partial charge in [0.05, 0.1) is 17.1 Å². The van der Waals surface area contributed by atoms with Crippen LogP contribution in [0.4, 0.5) is 8.78 Å². The minimum absolute atomic E-state index is 0.0263. The van der Waals surface area contributed by atoms with Gasteiger partial charge in [0.2, 0.25) is 11.8 Å². The number of aryl methyl sites for hydroxylation is 1. The first kappa shape index (κ1) is 17.3. The third kappa shape index (κ3) is 3.85. The first-order valence-corrected chi connectivity index (χ1v) is 7.23. The Hall–Kier alpha value is -2.02. The van der Waals surface area contributed by atoms with Crippen molar-refractivity contribution in [3.05, 3.63) is 46.1 Å². The van der Waals surface area contributed by atoms with Crippen LogP contribution >= 0.6 is 11.6 Å². The molecule has 0 aliphatic heterocycles. The highest BCUT2D eigenvalue weighted by Crippen LogP contribution is 2.26. The van der Waals surface area contributed by atoms with Crippen LogP contribution in [0.5, 0.6) is 0 Å². The number of carbonyl (C=O) groups is 1. The van der Waals surface area contributed by atoms with Crippen LogP contribution in [-0.2, 0) is 6.54 Å². The van der Waals surface area contributed by atoms with Crippen LogP contribution in [0.2, 0.25) is 5.02 Å². The van der Waals surface area contributed by atoms with Crippen LogP contribution in [-0.4, -0.2) is 26.5 Å². The summed E-state index contributed by atoms with van der Waals surface area (Å²) in [5.74, 6) is -2.20. The van der Waals surface area contributed by atoms with Gasteiger partial charge in [-0.3, -0.25) is 4.79 Å². The van der Waals surface area contributed by atoms with Gasteiger partial charge in [0, 0.05) is 12.5 Å². The van der Waals surface area contributed by atoms with E-state index in [2.05, 4.69) is 10.2 Å². The molecule has 2 rings (SSSR count). The van der Waals surface area contributed by atoms with Crippen molar-refractivity contribution >= 4 is 17.5 Å². The fourth-order valence-corrected chi connectivity index (χ4v) is 2.21. The number of hydrogen-bond acceptors (Lipinski definition) is 4. The van der Waals surface area contributed by atoms with Crippen LogP contribution in [0.25, 0.3) is 0 Å². The lowest BCUT2D eigenvalue weighted by molar-refractivity contribution is 0.0531. The Bertz CT molecular complexity index is 741. The van der Waals surface area contributed by atoms with Crippen LogP contribution in [0, 0.1) is 18.6 Å². The number of hydrogen-bond donors (Lipinski definition) is 0. The molecule has 124 valence electrons. The maximum absolute atomic E-state index is 13.5. The Morgan fingerprint density at radius 1 is 1.26 bits per heavy atom. The van der Waals surface area contributed by atoms with Crippen molar-refractivity contribution in [2.45, 2.75) is 39.8 Å². The molecule has 23 heavy (non-hydrogen) atoms. The van der Waals surface area contributed by atoms with E-state index in [0.717, 1.165) is 12.1 Å². The van der Waals surface area contributed by atoms with Crippen LogP contribution < -0.4 is 0 Å². The third-order valence-corrected chi connectivity index (χ3v) is 3.47. The summed E-state index contributed by atoms with van der Waals surface area (Å²) in [5, 5.41) is 7.40. The molecule has 1 aromatic heterocycles. The van der Waals surface area contributed by atoms with E-state index in [1.807, 2.05) is 0 Å². The average molecular weight is 344 g/mol. The Balaban J connectivity index is 2.40. The van der Waals surface area contributed by atoms with E-state index in [9.17, 15) is 13.6 Å². The molecular formula is C15H16ClF2N3O2. The van der Waals surface area contributed by atoms with Gasteiger partial charge in [0.25, 0.3) is 5.91 Å². The molecule has 0 saturated carbocycles. The van der Waals surface area contributed by atoms with Gasteiger partial charge in [-0.15, -0.1) is 10.2 Å². The van der Waals surface area contributed by atoms with Crippen LogP contribution in [0.15, 0.2) is 16.5 Å². The van der Waals surface area contributed by atoms with E-state index < -0.39 is 23.1 Å². The highest BCUT2D eigenvalue weighted by molar-refractivity contribution is 6.33. The SMILES string of the molecule is Cc1nnc(CN(C(=O)c2cc(F)c(F)cc2Cl)C(C)(C)C)o1. The number of rotatable bonds is 3. The van der Waals surface area contributed by atoms with E-state index in [1.165, 1.54) is 4.90 Å². The molecule has 2 aromatic rings. The average Bonchev–Trinajstić information content (AvgIpc) is 2.84. The highest BCUT2D eigenvalue weighted by Gasteiger charge is 2.31. The number of halogens is 3. The summed E-state index contributed by atoms with van der Waals surface area (Å²) in [6, 6.07) is 1.57. The van der Waals surface area contributed by atoms with Gasteiger partial charge in [-0.1, -0.05) is 11.6 Å². The number of carbonyl (C=O) groups excluding carboxylic acids is 1. The predicted octanol–water partition coefficient (Wildman–Crippen LogP) is 3.75. The second-order valence-corrected chi connectivity index (χ2v) is 6.43. The first-order chi connectivity index (χ1) is 10.6. The molecule has 0 aliphatic carbocycles. The summed E-state index contributed by atoms with van der Waals surface area (Å²) < 4.78 is 31.9. The molecule has 0 atom stereocenters. The summed E-state index contributed by atoms with van der Waals surface area (Å²) >= 11 is 5.89. The Morgan fingerprint density at radius 2 is 1.87 bits per heavy atom. The minimum Gasteiger partial charge on any atom is -0.424 e. The fourth-order valence-electron chi connectivity index (χ4n) is 1.98. The monoisotopic (exact) mass is 343 g/mol. The molecule has 0 unspecified atom stereocenters. The molecule has 1 amide bonds. The molecule has 1 heterocycles. The topological polar surface area (TPSA) is 59.2 Å². The standard InChI is InChI=1S/C15H16ClF2N3O2/c1-8-19-20-13(23-8)7-21(15(2,3)4)14(22)9-5-11(17)12(18)6-10(9)16/h5-6H,7H2,1-4H3. The number of nitrogens with zero attached hydrogens (tertiary/aromatic N) is 3. The molecule has 1 aromatic carbocycles. The zero-order valence-electron chi connectivity index (χ0n) is 13.2. The maximum Gasteiger partial charge on any atom is 0.256 e. The van der Waals surface area contributed by atoms with Gasteiger partial charge in [0.15, 0.2) is 11.6 Å². The molecule has 0 fully saturated rings. The molecule has 0 spiro atoms. The van der Waals surface area contributed by atoms with Gasteiger partial charge in [-0.25, -0.2) is 8.78 Å². The second kappa shape index (κ2) is 6.23. The molecular weight excluding hydrogens is 328 g/mol.